The molecule has 0 unspecified atom stereocenters. The van der Waals surface area contributed by atoms with E-state index in [1.54, 1.807) is 11.4 Å². The summed E-state index contributed by atoms with van der Waals surface area (Å²) in [5, 5.41) is 19.9. The Morgan fingerprint density at radius 2 is 1.22 bits per heavy atom. The van der Waals surface area contributed by atoms with Gasteiger partial charge in [-0.3, -0.25) is 28.8 Å². The number of nitriles is 1. The van der Waals surface area contributed by atoms with Gasteiger partial charge in [0.15, 0.2) is 6.10 Å². The lowest BCUT2D eigenvalue weighted by Crippen LogP contribution is -2.60. The first kappa shape index (κ1) is 53.1. The molecular formula is C45H64F3N7O8S. The van der Waals surface area contributed by atoms with E-state index >= 15 is 0 Å². The Bertz CT molecular complexity index is 2020. The number of hydrogen-bond acceptors (Lipinski definition) is 10. The van der Waals surface area contributed by atoms with Crippen molar-refractivity contribution >= 4 is 62.8 Å². The van der Waals surface area contributed by atoms with Crippen molar-refractivity contribution in [2.45, 2.75) is 148 Å². The molecule has 0 saturated carbocycles. The number of thiophene rings is 1. The predicted molar refractivity (Wildman–Crippen MR) is 235 cm³/mol. The minimum atomic E-state index is -4.75. The second kappa shape index (κ2) is 23.6. The van der Waals surface area contributed by atoms with Crippen LogP contribution in [0.25, 0.3) is 10.1 Å². The largest absolute Gasteiger partial charge is 0.451 e. The summed E-state index contributed by atoms with van der Waals surface area (Å²) in [5.41, 5.74) is 0.643. The highest BCUT2D eigenvalue weighted by Crippen LogP contribution is 2.29. The van der Waals surface area contributed by atoms with Crippen molar-refractivity contribution < 1.29 is 51.5 Å². The van der Waals surface area contributed by atoms with Crippen LogP contribution in [0.4, 0.5) is 13.2 Å². The zero-order valence-corrected chi connectivity index (χ0v) is 39.2. The van der Waals surface area contributed by atoms with Gasteiger partial charge in [-0.1, -0.05) is 59.7 Å². The molecule has 0 spiro atoms. The average molecular weight is 920 g/mol. The molecule has 15 nitrogen and oxygen atoms in total. The Labute approximate surface area is 377 Å². The molecular weight excluding hydrogens is 856 g/mol. The third-order valence-corrected chi connectivity index (χ3v) is 12.2. The lowest BCUT2D eigenvalue weighted by Gasteiger charge is -2.35. The number of hydrogen-bond donors (Lipinski definition) is 3. The Morgan fingerprint density at radius 1 is 0.719 bits per heavy atom. The van der Waals surface area contributed by atoms with Gasteiger partial charge in [0.2, 0.25) is 29.5 Å². The van der Waals surface area contributed by atoms with Gasteiger partial charge in [0.1, 0.15) is 36.3 Å². The third kappa shape index (κ3) is 14.9. The van der Waals surface area contributed by atoms with Crippen LogP contribution < -0.4 is 16.0 Å². The lowest BCUT2D eigenvalue weighted by molar-refractivity contribution is -0.164. The highest BCUT2D eigenvalue weighted by atomic mass is 32.1. The van der Waals surface area contributed by atoms with E-state index in [2.05, 4.69) is 16.0 Å². The number of amides is 6. The van der Waals surface area contributed by atoms with E-state index in [1.165, 1.54) is 37.3 Å². The molecule has 2 heterocycles. The smallest absolute Gasteiger partial charge is 0.389 e. The van der Waals surface area contributed by atoms with Crippen LogP contribution in [0.5, 0.6) is 0 Å². The monoisotopic (exact) mass is 919 g/mol. The zero-order valence-electron chi connectivity index (χ0n) is 38.4. The van der Waals surface area contributed by atoms with Gasteiger partial charge >= 0.3 is 12.1 Å². The van der Waals surface area contributed by atoms with Gasteiger partial charge in [0.25, 0.3) is 5.91 Å². The van der Waals surface area contributed by atoms with Crippen LogP contribution in [0.1, 0.15) is 99.0 Å². The average Bonchev–Trinajstić information content (AvgIpc) is 3.63. The van der Waals surface area contributed by atoms with E-state index in [0.29, 0.717) is 5.56 Å². The molecule has 1 fully saturated rings. The number of cyclic esters (lactones) is 1. The van der Waals surface area contributed by atoms with Crippen molar-refractivity contribution in [3.05, 3.63) is 35.2 Å². The molecule has 0 radical (unpaired) electrons. The summed E-state index contributed by atoms with van der Waals surface area (Å²) >= 11 is 1.39. The van der Waals surface area contributed by atoms with Crippen LogP contribution in [0.15, 0.2) is 29.6 Å². The van der Waals surface area contributed by atoms with Crippen molar-refractivity contribution in [3.8, 4) is 6.07 Å². The van der Waals surface area contributed by atoms with E-state index in [9.17, 15) is 52.0 Å². The van der Waals surface area contributed by atoms with E-state index < -0.39 is 103 Å². The standard InChI is InChI=1S/C45H64F3N7O8S/c1-25(2)20-32-42(60)55(10)35(23-29-24-64-37-16-12-11-14-30(29)37)39(57)50-31(17-18-45(46,47)48)41(59)53(8)28(7)44(62)63-36(15-13-19-49)40(58)52-33(21-26(3)4)43(61)54(9)34(22-27(5)6)38(56)51-32/h11-12,14,16,24-28,31-36H,13,15,17-18,20-23H2,1-10H3,(H,50,57)(H,51,56)(H,52,58)/t28-,31-,32-,33-,34-,35-,36+/m0/s1. The summed E-state index contributed by atoms with van der Waals surface area (Å²) in [6.45, 7) is 12.2. The van der Waals surface area contributed by atoms with Crippen molar-refractivity contribution in [3.63, 3.8) is 0 Å². The number of fused-ring (bicyclic) bond motifs is 1. The molecule has 1 aliphatic rings. The molecule has 1 aromatic carbocycles. The molecule has 0 bridgehead atoms. The number of halogens is 3. The van der Waals surface area contributed by atoms with Crippen molar-refractivity contribution in [1.82, 2.24) is 30.7 Å². The number of ether oxygens (including phenoxy) is 1. The lowest BCUT2D eigenvalue weighted by atomic mass is 9.96. The number of likely N-dealkylation sites (N-methyl/N-ethyl adjacent to an activating group) is 3. The maximum absolute atomic E-state index is 14.7. The molecule has 354 valence electrons. The van der Waals surface area contributed by atoms with Gasteiger partial charge < -0.3 is 35.4 Å². The molecule has 64 heavy (non-hydrogen) atoms. The Morgan fingerprint density at radius 3 is 1.77 bits per heavy atom. The molecule has 1 saturated heterocycles. The Hall–Kier alpha value is -5.25. The van der Waals surface area contributed by atoms with Gasteiger partial charge in [0.05, 0.1) is 6.07 Å². The topological polar surface area (TPSA) is 198 Å². The van der Waals surface area contributed by atoms with Crippen molar-refractivity contribution in [1.29, 1.82) is 5.26 Å². The molecule has 1 aromatic heterocycles. The number of benzene rings is 1. The van der Waals surface area contributed by atoms with E-state index in [-0.39, 0.29) is 56.3 Å². The quantitative estimate of drug-likeness (QED) is 0.242. The highest BCUT2D eigenvalue weighted by molar-refractivity contribution is 7.17. The summed E-state index contributed by atoms with van der Waals surface area (Å²) in [6.07, 6.45) is -9.17. The zero-order chi connectivity index (χ0) is 48.2. The van der Waals surface area contributed by atoms with Gasteiger partial charge in [-0.25, -0.2) is 4.79 Å². The van der Waals surface area contributed by atoms with Crippen molar-refractivity contribution in [2.24, 2.45) is 17.8 Å². The summed E-state index contributed by atoms with van der Waals surface area (Å²) in [6, 6.07) is 0.772. The molecule has 1 aliphatic heterocycles. The van der Waals surface area contributed by atoms with Crippen molar-refractivity contribution in [2.75, 3.05) is 21.1 Å². The Kier molecular flexibility index (Phi) is 19.6. The van der Waals surface area contributed by atoms with Gasteiger partial charge in [-0.2, -0.15) is 18.4 Å². The fourth-order valence-electron chi connectivity index (χ4n) is 7.52. The fourth-order valence-corrected chi connectivity index (χ4v) is 8.49. The van der Waals surface area contributed by atoms with Crippen LogP contribution in [-0.4, -0.2) is 126 Å². The molecule has 2 aromatic rings. The third-order valence-electron chi connectivity index (χ3n) is 11.2. The SMILES string of the molecule is CC(C)C[C@@H]1NC(=O)[C@@H](CCC#N)OC(=O)[C@H](C)N(C)C(=O)[C@H](CCC(F)(F)F)NC(=O)[C@H](Cc2csc3ccccc23)N(C)C(=O)[C@H](CC(C)C)NC(=O)[C@H](CC(C)C)N(C)C1=O. The fraction of sp³-hybridized carbons (Fsp3) is 0.644. The first-order valence-electron chi connectivity index (χ1n) is 21.7. The normalized spacial score (nSPS) is 24.5. The van der Waals surface area contributed by atoms with Gasteiger partial charge in [-0.15, -0.1) is 11.3 Å². The molecule has 3 rings (SSSR count). The van der Waals surface area contributed by atoms with Gasteiger partial charge in [0, 0.05) is 51.5 Å². The summed E-state index contributed by atoms with van der Waals surface area (Å²) in [7, 11) is 3.89. The maximum Gasteiger partial charge on any atom is 0.389 e. The molecule has 19 heteroatoms. The van der Waals surface area contributed by atoms with E-state index in [0.717, 1.165) is 26.9 Å². The molecule has 6 amide bonds. The second-order valence-corrected chi connectivity index (χ2v) is 18.8. The molecule has 7 atom stereocenters. The summed E-state index contributed by atoms with van der Waals surface area (Å²) in [5.74, 6) is -6.67. The van der Waals surface area contributed by atoms with E-state index in [4.69, 9.17) is 4.74 Å². The number of nitrogens with one attached hydrogen (secondary N) is 3. The maximum atomic E-state index is 14.7. The van der Waals surface area contributed by atoms with Crippen LogP contribution in [0, 0.1) is 29.1 Å². The minimum Gasteiger partial charge on any atom is -0.451 e. The van der Waals surface area contributed by atoms with E-state index in [1.807, 2.05) is 65.8 Å². The number of nitrogens with zero attached hydrogens (tertiary/aromatic N) is 4. The number of carbonyl (C=O) groups excluding carboxylic acids is 7. The minimum absolute atomic E-state index is 0.0935. The number of carbonyl (C=O) groups is 7. The van der Waals surface area contributed by atoms with Gasteiger partial charge in [-0.05, 0) is 72.8 Å². The molecule has 0 aliphatic carbocycles. The van der Waals surface area contributed by atoms with Crippen LogP contribution >= 0.6 is 11.3 Å². The predicted octanol–water partition coefficient (Wildman–Crippen LogP) is 5.11. The van der Waals surface area contributed by atoms with Crippen LogP contribution in [-0.2, 0) is 44.7 Å². The highest BCUT2D eigenvalue weighted by Gasteiger charge is 2.41. The summed E-state index contributed by atoms with van der Waals surface area (Å²) in [4.78, 5) is 103. The first-order chi connectivity index (χ1) is 29.9. The Balaban J connectivity index is 2.28. The second-order valence-electron chi connectivity index (χ2n) is 17.9. The van der Waals surface area contributed by atoms with Crippen LogP contribution in [0.3, 0.4) is 0 Å². The first-order valence-corrected chi connectivity index (χ1v) is 22.5. The molecule has 3 N–H and O–H groups in total. The number of esters is 1. The number of alkyl halides is 3. The summed E-state index contributed by atoms with van der Waals surface area (Å²) < 4.78 is 47.7. The van der Waals surface area contributed by atoms with Crippen LogP contribution in [0.2, 0.25) is 0 Å². The number of rotatable bonds is 12.